The summed E-state index contributed by atoms with van der Waals surface area (Å²) >= 11 is 0. The molecule has 1 atom stereocenters. The van der Waals surface area contributed by atoms with Gasteiger partial charge in [0, 0.05) is 18.5 Å². The van der Waals surface area contributed by atoms with E-state index in [4.69, 9.17) is 4.74 Å². The number of carbonyl (C=O) groups excluding carboxylic acids is 1. The van der Waals surface area contributed by atoms with Crippen molar-refractivity contribution in [3.63, 3.8) is 0 Å². The highest BCUT2D eigenvalue weighted by atomic mass is 16.5. The zero-order valence-electron chi connectivity index (χ0n) is 12.4. The maximum absolute atomic E-state index is 12.3. The first kappa shape index (κ1) is 13.9. The molecule has 2 aromatic carbocycles. The molecule has 1 saturated heterocycles. The van der Waals surface area contributed by atoms with Crippen molar-refractivity contribution < 1.29 is 9.53 Å². The first-order chi connectivity index (χ1) is 10.2. The topological polar surface area (TPSA) is 29.5 Å². The lowest BCUT2D eigenvalue weighted by molar-refractivity contribution is -0.135. The number of hydrogen-bond donors (Lipinski definition) is 0. The molecular formula is C18H21NO2. The summed E-state index contributed by atoms with van der Waals surface area (Å²) in [6, 6.07) is 14.0. The molecular weight excluding hydrogens is 262 g/mol. The molecule has 0 unspecified atom stereocenters. The van der Waals surface area contributed by atoms with Gasteiger partial charge >= 0.3 is 0 Å². The minimum atomic E-state index is 0.0921. The summed E-state index contributed by atoms with van der Waals surface area (Å²) in [5.41, 5.74) is 0. The van der Waals surface area contributed by atoms with Crippen molar-refractivity contribution in [2.45, 2.75) is 19.8 Å². The van der Waals surface area contributed by atoms with Crippen molar-refractivity contribution in [2.24, 2.45) is 5.92 Å². The summed E-state index contributed by atoms with van der Waals surface area (Å²) in [5.74, 6) is 1.47. The van der Waals surface area contributed by atoms with Crippen molar-refractivity contribution in [3.8, 4) is 5.75 Å². The average molecular weight is 283 g/mol. The summed E-state index contributed by atoms with van der Waals surface area (Å²) in [6.45, 7) is 4.05. The van der Waals surface area contributed by atoms with E-state index in [2.05, 4.69) is 19.1 Å². The van der Waals surface area contributed by atoms with Crippen LogP contribution in [0, 0.1) is 5.92 Å². The molecule has 0 radical (unpaired) electrons. The van der Waals surface area contributed by atoms with Crippen LogP contribution >= 0.6 is 0 Å². The van der Waals surface area contributed by atoms with E-state index in [0.29, 0.717) is 5.92 Å². The fraction of sp³-hybridized carbons (Fsp3) is 0.389. The smallest absolute Gasteiger partial charge is 0.260 e. The SMILES string of the molecule is C[C@@H]1CCCN(C(=O)COc2cccc3ccccc23)C1. The Balaban J connectivity index is 1.67. The molecule has 0 aliphatic carbocycles. The number of likely N-dealkylation sites (tertiary alicyclic amines) is 1. The molecule has 1 heterocycles. The first-order valence-electron chi connectivity index (χ1n) is 7.62. The number of amides is 1. The number of fused-ring (bicyclic) bond motifs is 1. The Hall–Kier alpha value is -2.03. The predicted molar refractivity (Wildman–Crippen MR) is 84.4 cm³/mol. The summed E-state index contributed by atoms with van der Waals surface area (Å²) in [6.07, 6.45) is 2.31. The second-order valence-corrected chi connectivity index (χ2v) is 5.85. The molecule has 0 saturated carbocycles. The normalized spacial score (nSPS) is 18.7. The van der Waals surface area contributed by atoms with E-state index in [1.54, 1.807) is 0 Å². The Morgan fingerprint density at radius 3 is 2.90 bits per heavy atom. The predicted octanol–water partition coefficient (Wildman–Crippen LogP) is 3.48. The number of hydrogen-bond acceptors (Lipinski definition) is 2. The standard InChI is InChI=1S/C18H21NO2/c1-14-6-5-11-19(12-14)18(20)13-21-17-10-4-8-15-7-2-3-9-16(15)17/h2-4,7-10,14H,5-6,11-13H2,1H3/t14-/m1/s1. The van der Waals surface area contributed by atoms with Gasteiger partial charge in [-0.3, -0.25) is 4.79 Å². The summed E-state index contributed by atoms with van der Waals surface area (Å²) in [5, 5.41) is 2.19. The van der Waals surface area contributed by atoms with Crippen molar-refractivity contribution in [1.82, 2.24) is 4.90 Å². The van der Waals surface area contributed by atoms with Gasteiger partial charge in [0.1, 0.15) is 5.75 Å². The molecule has 3 rings (SSSR count). The van der Waals surface area contributed by atoms with Crippen LogP contribution in [0.15, 0.2) is 42.5 Å². The molecule has 1 fully saturated rings. The van der Waals surface area contributed by atoms with Gasteiger partial charge in [-0.25, -0.2) is 0 Å². The van der Waals surface area contributed by atoms with E-state index in [1.165, 1.54) is 6.42 Å². The Bertz CT molecular complexity index is 633. The van der Waals surface area contributed by atoms with Crippen molar-refractivity contribution in [2.75, 3.05) is 19.7 Å². The van der Waals surface area contributed by atoms with E-state index in [1.807, 2.05) is 35.2 Å². The fourth-order valence-electron chi connectivity index (χ4n) is 2.97. The van der Waals surface area contributed by atoms with Gasteiger partial charge in [0.2, 0.25) is 0 Å². The van der Waals surface area contributed by atoms with E-state index in [9.17, 15) is 4.79 Å². The van der Waals surface area contributed by atoms with Crippen LogP contribution in [0.25, 0.3) is 10.8 Å². The van der Waals surface area contributed by atoms with Gasteiger partial charge in [-0.15, -0.1) is 0 Å². The molecule has 0 aromatic heterocycles. The van der Waals surface area contributed by atoms with Crippen LogP contribution in [-0.2, 0) is 4.79 Å². The van der Waals surface area contributed by atoms with Gasteiger partial charge in [0.05, 0.1) is 0 Å². The average Bonchev–Trinajstić information content (AvgIpc) is 2.52. The fourth-order valence-corrected chi connectivity index (χ4v) is 2.97. The van der Waals surface area contributed by atoms with Gasteiger partial charge in [-0.05, 0) is 30.2 Å². The van der Waals surface area contributed by atoms with Crippen molar-refractivity contribution >= 4 is 16.7 Å². The van der Waals surface area contributed by atoms with Crippen LogP contribution in [-0.4, -0.2) is 30.5 Å². The number of carbonyl (C=O) groups is 1. The summed E-state index contributed by atoms with van der Waals surface area (Å²) in [4.78, 5) is 14.2. The maximum Gasteiger partial charge on any atom is 0.260 e. The summed E-state index contributed by atoms with van der Waals surface area (Å²) in [7, 11) is 0. The van der Waals surface area contributed by atoms with Gasteiger partial charge < -0.3 is 9.64 Å². The summed E-state index contributed by atoms with van der Waals surface area (Å²) < 4.78 is 5.78. The van der Waals surface area contributed by atoms with Crippen molar-refractivity contribution in [3.05, 3.63) is 42.5 Å². The maximum atomic E-state index is 12.3. The third-order valence-corrected chi connectivity index (χ3v) is 4.11. The molecule has 21 heavy (non-hydrogen) atoms. The molecule has 1 amide bonds. The molecule has 2 aromatic rings. The third kappa shape index (κ3) is 3.18. The Labute approximate surface area is 125 Å². The van der Waals surface area contributed by atoms with Crippen molar-refractivity contribution in [1.29, 1.82) is 0 Å². The lowest BCUT2D eigenvalue weighted by atomic mass is 10.0. The van der Waals surface area contributed by atoms with Gasteiger partial charge in [-0.1, -0.05) is 43.3 Å². The molecule has 1 aliphatic rings. The highest BCUT2D eigenvalue weighted by Crippen LogP contribution is 2.25. The van der Waals surface area contributed by atoms with Gasteiger partial charge in [0.25, 0.3) is 5.91 Å². The highest BCUT2D eigenvalue weighted by molar-refractivity contribution is 5.88. The zero-order valence-corrected chi connectivity index (χ0v) is 12.4. The molecule has 0 bridgehead atoms. The van der Waals surface area contributed by atoms with Gasteiger partial charge in [0.15, 0.2) is 6.61 Å². The Kier molecular flexibility index (Phi) is 4.09. The molecule has 3 nitrogen and oxygen atoms in total. The lowest BCUT2D eigenvalue weighted by Crippen LogP contribution is -2.41. The molecule has 1 aliphatic heterocycles. The number of rotatable bonds is 3. The van der Waals surface area contributed by atoms with E-state index in [-0.39, 0.29) is 12.5 Å². The van der Waals surface area contributed by atoms with Crippen LogP contribution < -0.4 is 4.74 Å². The third-order valence-electron chi connectivity index (χ3n) is 4.11. The second-order valence-electron chi connectivity index (χ2n) is 5.85. The molecule has 110 valence electrons. The monoisotopic (exact) mass is 283 g/mol. The van der Waals surface area contributed by atoms with Crippen LogP contribution in [0.5, 0.6) is 5.75 Å². The van der Waals surface area contributed by atoms with E-state index >= 15 is 0 Å². The molecule has 0 spiro atoms. The first-order valence-corrected chi connectivity index (χ1v) is 7.62. The highest BCUT2D eigenvalue weighted by Gasteiger charge is 2.21. The number of ether oxygens (including phenoxy) is 1. The molecule has 3 heteroatoms. The van der Waals surface area contributed by atoms with Crippen LogP contribution in [0.4, 0.5) is 0 Å². The van der Waals surface area contributed by atoms with E-state index < -0.39 is 0 Å². The minimum absolute atomic E-state index is 0.0921. The Morgan fingerprint density at radius 2 is 2.05 bits per heavy atom. The number of benzene rings is 2. The largest absolute Gasteiger partial charge is 0.483 e. The molecule has 0 N–H and O–H groups in total. The lowest BCUT2D eigenvalue weighted by Gasteiger charge is -2.30. The Morgan fingerprint density at radius 1 is 1.24 bits per heavy atom. The number of piperidine rings is 1. The van der Waals surface area contributed by atoms with E-state index in [0.717, 1.165) is 36.0 Å². The van der Waals surface area contributed by atoms with Crippen LogP contribution in [0.2, 0.25) is 0 Å². The number of nitrogens with zero attached hydrogens (tertiary/aromatic N) is 1. The quantitative estimate of drug-likeness (QED) is 0.863. The van der Waals surface area contributed by atoms with Crippen LogP contribution in [0.3, 0.4) is 0 Å². The van der Waals surface area contributed by atoms with Gasteiger partial charge in [-0.2, -0.15) is 0 Å². The van der Waals surface area contributed by atoms with Crippen LogP contribution in [0.1, 0.15) is 19.8 Å². The second kappa shape index (κ2) is 6.17. The zero-order chi connectivity index (χ0) is 14.7. The minimum Gasteiger partial charge on any atom is -0.483 e.